The summed E-state index contributed by atoms with van der Waals surface area (Å²) in [7, 11) is 0. The molecule has 25 heavy (non-hydrogen) atoms. The molecule has 0 amide bonds. The standard InChI is InChI=1S/C22H21NO2/c23-20(22(25)18-14-8-3-9-15-18)19(16-10-4-1-5-11-16)21(24)17-12-6-2-7-13-17/h1-15,20,22,24-25H,23H2. The van der Waals surface area contributed by atoms with Crippen molar-refractivity contribution in [2.24, 2.45) is 5.73 Å². The molecule has 0 radical (unpaired) electrons. The van der Waals surface area contributed by atoms with Crippen molar-refractivity contribution in [2.45, 2.75) is 12.1 Å². The van der Waals surface area contributed by atoms with Crippen LogP contribution in [0.3, 0.4) is 0 Å². The zero-order valence-corrected chi connectivity index (χ0v) is 13.8. The molecule has 0 aliphatic carbocycles. The molecule has 3 aromatic rings. The summed E-state index contributed by atoms with van der Waals surface area (Å²) in [6, 6.07) is 27.1. The Hall–Kier alpha value is -2.88. The number of aliphatic hydroxyl groups excluding tert-OH is 2. The Kier molecular flexibility index (Phi) is 5.29. The minimum Gasteiger partial charge on any atom is -0.507 e. The van der Waals surface area contributed by atoms with Crippen molar-refractivity contribution in [3.63, 3.8) is 0 Å². The van der Waals surface area contributed by atoms with Crippen molar-refractivity contribution in [2.75, 3.05) is 0 Å². The monoisotopic (exact) mass is 331 g/mol. The van der Waals surface area contributed by atoms with Gasteiger partial charge >= 0.3 is 0 Å². The minimum absolute atomic E-state index is 0.0780. The predicted octanol–water partition coefficient (Wildman–Crippen LogP) is 4.17. The number of hydrogen-bond donors (Lipinski definition) is 3. The van der Waals surface area contributed by atoms with Crippen molar-refractivity contribution in [1.82, 2.24) is 0 Å². The van der Waals surface area contributed by atoms with Gasteiger partial charge in [0.25, 0.3) is 0 Å². The number of rotatable bonds is 5. The molecule has 126 valence electrons. The molecule has 0 fully saturated rings. The molecule has 0 aromatic heterocycles. The summed E-state index contributed by atoms with van der Waals surface area (Å²) in [6.07, 6.45) is -0.928. The Labute approximate surface area is 147 Å². The third-order valence-corrected chi connectivity index (χ3v) is 4.20. The first-order valence-corrected chi connectivity index (χ1v) is 8.21. The van der Waals surface area contributed by atoms with Crippen LogP contribution in [0.4, 0.5) is 0 Å². The van der Waals surface area contributed by atoms with Crippen LogP contribution in [0.2, 0.25) is 0 Å². The molecule has 0 spiro atoms. The highest BCUT2D eigenvalue weighted by Gasteiger charge is 2.25. The maximum atomic E-state index is 10.9. The van der Waals surface area contributed by atoms with E-state index in [1.165, 1.54) is 0 Å². The van der Waals surface area contributed by atoms with Crippen molar-refractivity contribution in [3.05, 3.63) is 108 Å². The van der Waals surface area contributed by atoms with Crippen molar-refractivity contribution >= 4 is 11.3 Å². The summed E-state index contributed by atoms with van der Waals surface area (Å²) < 4.78 is 0. The Bertz CT molecular complexity index is 830. The molecule has 4 N–H and O–H groups in total. The van der Waals surface area contributed by atoms with Gasteiger partial charge in [-0.1, -0.05) is 91.0 Å². The quantitative estimate of drug-likeness (QED) is 0.485. The van der Waals surface area contributed by atoms with E-state index in [9.17, 15) is 10.2 Å². The molecule has 3 rings (SSSR count). The second-order valence-electron chi connectivity index (χ2n) is 5.88. The molecule has 0 saturated heterocycles. The van der Waals surface area contributed by atoms with E-state index in [2.05, 4.69) is 0 Å². The molecule has 0 aliphatic heterocycles. The van der Waals surface area contributed by atoms with Gasteiger partial charge in [0.2, 0.25) is 0 Å². The lowest BCUT2D eigenvalue weighted by Crippen LogP contribution is -2.30. The van der Waals surface area contributed by atoms with Gasteiger partial charge in [-0.05, 0) is 11.1 Å². The summed E-state index contributed by atoms with van der Waals surface area (Å²) in [5.41, 5.74) is 9.07. The molecule has 0 heterocycles. The second kappa shape index (κ2) is 7.79. The van der Waals surface area contributed by atoms with Crippen LogP contribution in [0.5, 0.6) is 0 Å². The van der Waals surface area contributed by atoms with Gasteiger partial charge in [0.1, 0.15) is 5.76 Å². The van der Waals surface area contributed by atoms with Gasteiger partial charge in [-0.2, -0.15) is 0 Å². The van der Waals surface area contributed by atoms with Crippen LogP contribution in [0.25, 0.3) is 11.3 Å². The van der Waals surface area contributed by atoms with Crippen molar-refractivity contribution in [3.8, 4) is 0 Å². The summed E-state index contributed by atoms with van der Waals surface area (Å²) >= 11 is 0. The van der Waals surface area contributed by atoms with Gasteiger partial charge in [-0.25, -0.2) is 0 Å². The third-order valence-electron chi connectivity index (χ3n) is 4.20. The zero-order valence-electron chi connectivity index (χ0n) is 13.8. The Morgan fingerprint density at radius 3 is 1.64 bits per heavy atom. The van der Waals surface area contributed by atoms with Crippen molar-refractivity contribution in [1.29, 1.82) is 0 Å². The minimum atomic E-state index is -0.928. The highest BCUT2D eigenvalue weighted by molar-refractivity contribution is 5.89. The summed E-state index contributed by atoms with van der Waals surface area (Å²) in [5.74, 6) is 0.0780. The number of hydrogen-bond acceptors (Lipinski definition) is 3. The van der Waals surface area contributed by atoms with Gasteiger partial charge in [0.05, 0.1) is 12.1 Å². The molecular weight excluding hydrogens is 310 g/mol. The van der Waals surface area contributed by atoms with E-state index in [1.807, 2.05) is 91.0 Å². The van der Waals surface area contributed by atoms with Crippen LogP contribution in [-0.2, 0) is 0 Å². The average molecular weight is 331 g/mol. The lowest BCUT2D eigenvalue weighted by atomic mass is 9.89. The molecule has 2 unspecified atom stereocenters. The highest BCUT2D eigenvalue weighted by Crippen LogP contribution is 2.32. The van der Waals surface area contributed by atoms with Gasteiger partial charge in [-0.15, -0.1) is 0 Å². The van der Waals surface area contributed by atoms with E-state index in [0.29, 0.717) is 16.7 Å². The number of nitrogens with two attached hydrogens (primary N) is 1. The highest BCUT2D eigenvalue weighted by atomic mass is 16.3. The predicted molar refractivity (Wildman–Crippen MR) is 102 cm³/mol. The molecule has 0 aliphatic rings. The van der Waals surface area contributed by atoms with Gasteiger partial charge in [0, 0.05) is 11.1 Å². The van der Waals surface area contributed by atoms with Crippen LogP contribution in [0.1, 0.15) is 22.8 Å². The Balaban J connectivity index is 2.09. The van der Waals surface area contributed by atoms with E-state index < -0.39 is 12.1 Å². The van der Waals surface area contributed by atoms with Crippen LogP contribution in [0.15, 0.2) is 91.0 Å². The molecule has 3 nitrogen and oxygen atoms in total. The fourth-order valence-electron chi connectivity index (χ4n) is 2.87. The number of aliphatic hydroxyl groups is 2. The fourth-order valence-corrected chi connectivity index (χ4v) is 2.87. The normalized spacial score (nSPS) is 14.5. The topological polar surface area (TPSA) is 66.5 Å². The van der Waals surface area contributed by atoms with E-state index in [4.69, 9.17) is 5.73 Å². The van der Waals surface area contributed by atoms with E-state index >= 15 is 0 Å². The molecule has 2 atom stereocenters. The molecule has 3 aromatic carbocycles. The largest absolute Gasteiger partial charge is 0.507 e. The summed E-state index contributed by atoms with van der Waals surface area (Å²) in [6.45, 7) is 0. The van der Waals surface area contributed by atoms with Gasteiger partial charge < -0.3 is 15.9 Å². The van der Waals surface area contributed by atoms with Crippen molar-refractivity contribution < 1.29 is 10.2 Å². The number of benzene rings is 3. The lowest BCUT2D eigenvalue weighted by molar-refractivity contribution is 0.166. The zero-order chi connectivity index (χ0) is 17.6. The van der Waals surface area contributed by atoms with Crippen LogP contribution in [0, 0.1) is 0 Å². The summed E-state index contributed by atoms with van der Waals surface area (Å²) in [5, 5.41) is 21.6. The average Bonchev–Trinajstić information content (AvgIpc) is 2.69. The van der Waals surface area contributed by atoms with Crippen LogP contribution in [-0.4, -0.2) is 16.3 Å². The second-order valence-corrected chi connectivity index (χ2v) is 5.88. The first-order valence-electron chi connectivity index (χ1n) is 8.21. The van der Waals surface area contributed by atoms with E-state index in [0.717, 1.165) is 5.56 Å². The van der Waals surface area contributed by atoms with Crippen LogP contribution >= 0.6 is 0 Å². The molecule has 0 saturated carbocycles. The third kappa shape index (κ3) is 3.79. The van der Waals surface area contributed by atoms with Gasteiger partial charge in [-0.3, -0.25) is 0 Å². The molecule has 0 bridgehead atoms. The SMILES string of the molecule is NC(C(=C(O)c1ccccc1)c1ccccc1)C(O)c1ccccc1. The van der Waals surface area contributed by atoms with E-state index in [-0.39, 0.29) is 5.76 Å². The molecule has 3 heteroatoms. The maximum absolute atomic E-state index is 10.9. The maximum Gasteiger partial charge on any atom is 0.128 e. The Morgan fingerprint density at radius 1 is 0.680 bits per heavy atom. The fraction of sp³-hybridized carbons (Fsp3) is 0.0909. The summed E-state index contributed by atoms with van der Waals surface area (Å²) in [4.78, 5) is 0. The first-order chi connectivity index (χ1) is 12.2. The van der Waals surface area contributed by atoms with E-state index in [1.54, 1.807) is 0 Å². The van der Waals surface area contributed by atoms with Gasteiger partial charge in [0.15, 0.2) is 0 Å². The van der Waals surface area contributed by atoms with Crippen LogP contribution < -0.4 is 5.73 Å². The molecular formula is C22H21NO2. The lowest BCUT2D eigenvalue weighted by Gasteiger charge is -2.24. The first kappa shape index (κ1) is 17.0. The smallest absolute Gasteiger partial charge is 0.128 e. The Morgan fingerprint density at radius 2 is 1.12 bits per heavy atom.